The van der Waals surface area contributed by atoms with Crippen molar-refractivity contribution in [2.75, 3.05) is 0 Å². The first kappa shape index (κ1) is 24.3. The molecule has 2 aromatic carbocycles. The monoisotopic (exact) mass is 518 g/mol. The average molecular weight is 518 g/mol. The van der Waals surface area contributed by atoms with E-state index in [1.165, 1.54) is 36.1 Å². The first-order valence-corrected chi connectivity index (χ1v) is 10.7. The van der Waals surface area contributed by atoms with Crippen molar-refractivity contribution in [3.8, 4) is 28.7 Å². The molecule has 0 bridgehead atoms. The highest BCUT2D eigenvalue weighted by molar-refractivity contribution is 5.78. The van der Waals surface area contributed by atoms with Crippen molar-refractivity contribution in [3.05, 3.63) is 77.9 Å². The minimum atomic E-state index is -4.61. The maximum absolute atomic E-state index is 13.5. The van der Waals surface area contributed by atoms with Gasteiger partial charge < -0.3 is 14.3 Å². The van der Waals surface area contributed by atoms with Gasteiger partial charge in [0, 0.05) is 24.4 Å². The lowest BCUT2D eigenvalue weighted by Gasteiger charge is -2.13. The van der Waals surface area contributed by atoms with E-state index in [0.29, 0.717) is 16.6 Å². The Kier molecular flexibility index (Phi) is 5.85. The van der Waals surface area contributed by atoms with Crippen LogP contribution in [0.2, 0.25) is 0 Å². The van der Waals surface area contributed by atoms with Gasteiger partial charge >= 0.3 is 12.4 Å². The number of ether oxygens (including phenoxy) is 1. The molecule has 0 aliphatic rings. The second kappa shape index (κ2) is 8.91. The van der Waals surface area contributed by atoms with E-state index >= 15 is 0 Å². The number of aromatic nitrogens is 6. The lowest BCUT2D eigenvalue weighted by atomic mass is 10.1. The molecule has 1 N–H and O–H groups in total. The Morgan fingerprint density at radius 1 is 0.892 bits per heavy atom. The molecule has 5 rings (SSSR count). The molecule has 7 nitrogen and oxygen atoms in total. The number of nitrogens with zero attached hydrogens (tertiary/aromatic N) is 5. The number of imidazole rings is 2. The van der Waals surface area contributed by atoms with Crippen LogP contribution in [0.5, 0.6) is 5.88 Å². The van der Waals surface area contributed by atoms with Gasteiger partial charge in [0.1, 0.15) is 17.9 Å². The zero-order valence-electron chi connectivity index (χ0n) is 18.9. The molecule has 3 heterocycles. The molecule has 0 saturated carbocycles. The van der Waals surface area contributed by atoms with Crippen molar-refractivity contribution in [1.29, 1.82) is 0 Å². The van der Waals surface area contributed by atoms with Crippen LogP contribution in [0.15, 0.2) is 61.1 Å². The summed E-state index contributed by atoms with van der Waals surface area (Å²) in [6, 6.07) is 11.4. The fraction of sp³-hybridized carbons (Fsp3) is 0.167. The first-order valence-electron chi connectivity index (χ1n) is 10.7. The summed E-state index contributed by atoms with van der Waals surface area (Å²) in [5.41, 5.74) is -0.576. The molecule has 5 aromatic rings. The SMILES string of the molecule is Cn1cc(C(F)(F)F)nc1-c1ccc(COc2nc(-c3ccccc3C(F)(F)F)nc3nc[nH]c23)cc1. The van der Waals surface area contributed by atoms with E-state index < -0.39 is 23.6 Å². The summed E-state index contributed by atoms with van der Waals surface area (Å²) in [6.07, 6.45) is -6.94. The molecule has 37 heavy (non-hydrogen) atoms. The van der Waals surface area contributed by atoms with E-state index in [-0.39, 0.29) is 35.3 Å². The van der Waals surface area contributed by atoms with Gasteiger partial charge in [-0.2, -0.15) is 31.3 Å². The van der Waals surface area contributed by atoms with Crippen molar-refractivity contribution in [1.82, 2.24) is 29.5 Å². The highest BCUT2D eigenvalue weighted by Crippen LogP contribution is 2.37. The standard InChI is InChI=1S/C24H16F6N6O/c1-36-10-17(24(28,29)30)33-21(36)14-8-6-13(7-9-14)11-37-22-18-20(32-12-31-18)34-19(35-22)15-4-2-3-5-16(15)23(25,26)27/h2-10,12H,11H2,1H3,(H,31,32,34,35). The molecule has 0 atom stereocenters. The van der Waals surface area contributed by atoms with Crippen molar-refractivity contribution >= 4 is 11.2 Å². The Hall–Kier alpha value is -4.42. The quantitative estimate of drug-likeness (QED) is 0.287. The highest BCUT2D eigenvalue weighted by atomic mass is 19.4. The molecule has 0 unspecified atom stereocenters. The lowest BCUT2D eigenvalue weighted by molar-refractivity contribution is -0.141. The van der Waals surface area contributed by atoms with E-state index in [9.17, 15) is 26.3 Å². The molecule has 0 amide bonds. The summed E-state index contributed by atoms with van der Waals surface area (Å²) in [5, 5.41) is 0. The van der Waals surface area contributed by atoms with Crippen LogP contribution in [0.4, 0.5) is 26.3 Å². The molecule has 0 aliphatic carbocycles. The van der Waals surface area contributed by atoms with Gasteiger partial charge in [-0.15, -0.1) is 0 Å². The van der Waals surface area contributed by atoms with Crippen molar-refractivity contribution in [3.63, 3.8) is 0 Å². The van der Waals surface area contributed by atoms with Crippen molar-refractivity contribution in [2.24, 2.45) is 7.05 Å². The van der Waals surface area contributed by atoms with Crippen LogP contribution >= 0.6 is 0 Å². The Bertz CT molecular complexity index is 1570. The maximum atomic E-state index is 13.5. The maximum Gasteiger partial charge on any atom is 0.434 e. The van der Waals surface area contributed by atoms with Gasteiger partial charge in [-0.05, 0) is 11.6 Å². The zero-order chi connectivity index (χ0) is 26.4. The Labute approximate surface area is 204 Å². The minimum absolute atomic E-state index is 0.00234. The number of hydrogen-bond acceptors (Lipinski definition) is 5. The molecule has 3 aromatic heterocycles. The summed E-state index contributed by atoms with van der Waals surface area (Å²) in [7, 11) is 1.47. The Balaban J connectivity index is 1.41. The van der Waals surface area contributed by atoms with Crippen LogP contribution in [0.25, 0.3) is 33.9 Å². The van der Waals surface area contributed by atoms with Crippen LogP contribution in [-0.4, -0.2) is 29.5 Å². The molecule has 0 fully saturated rings. The van der Waals surface area contributed by atoms with E-state index in [1.54, 1.807) is 24.3 Å². The number of rotatable bonds is 5. The van der Waals surface area contributed by atoms with Gasteiger partial charge in [0.2, 0.25) is 5.88 Å². The fourth-order valence-corrected chi connectivity index (χ4v) is 3.73. The third-order valence-electron chi connectivity index (χ3n) is 5.48. The molecule has 13 heteroatoms. The van der Waals surface area contributed by atoms with Crippen molar-refractivity contribution < 1.29 is 31.1 Å². The van der Waals surface area contributed by atoms with E-state index in [4.69, 9.17) is 4.74 Å². The number of nitrogens with one attached hydrogen (secondary N) is 1. The average Bonchev–Trinajstić information content (AvgIpc) is 3.49. The number of fused-ring (bicyclic) bond motifs is 1. The number of halogens is 6. The van der Waals surface area contributed by atoms with Gasteiger partial charge in [-0.3, -0.25) is 0 Å². The van der Waals surface area contributed by atoms with Crippen LogP contribution in [0.3, 0.4) is 0 Å². The van der Waals surface area contributed by atoms with E-state index in [0.717, 1.165) is 12.3 Å². The fourth-order valence-electron chi connectivity index (χ4n) is 3.73. The molecule has 190 valence electrons. The van der Waals surface area contributed by atoms with Gasteiger partial charge in [0.15, 0.2) is 17.2 Å². The predicted molar refractivity (Wildman–Crippen MR) is 120 cm³/mol. The van der Waals surface area contributed by atoms with Crippen LogP contribution in [0.1, 0.15) is 16.8 Å². The minimum Gasteiger partial charge on any atom is -0.471 e. The van der Waals surface area contributed by atoms with Crippen LogP contribution < -0.4 is 4.74 Å². The smallest absolute Gasteiger partial charge is 0.434 e. The second-order valence-electron chi connectivity index (χ2n) is 8.04. The molecular formula is C24H16F6N6O. The summed E-state index contributed by atoms with van der Waals surface area (Å²) >= 11 is 0. The van der Waals surface area contributed by atoms with E-state index in [2.05, 4.69) is 24.9 Å². The lowest BCUT2D eigenvalue weighted by Crippen LogP contribution is -2.08. The number of aromatic amines is 1. The topological polar surface area (TPSA) is 81.5 Å². The number of aryl methyl sites for hydroxylation is 1. The number of benzene rings is 2. The third-order valence-corrected chi connectivity index (χ3v) is 5.48. The second-order valence-corrected chi connectivity index (χ2v) is 8.04. The normalized spacial score (nSPS) is 12.3. The summed E-state index contributed by atoms with van der Waals surface area (Å²) < 4.78 is 86.5. The molecule has 0 aliphatic heterocycles. The Morgan fingerprint density at radius 3 is 2.30 bits per heavy atom. The van der Waals surface area contributed by atoms with Crippen LogP contribution in [-0.2, 0) is 26.0 Å². The summed E-state index contributed by atoms with van der Waals surface area (Å²) in [4.78, 5) is 18.9. The molecule has 0 radical (unpaired) electrons. The molecule has 0 spiro atoms. The highest BCUT2D eigenvalue weighted by Gasteiger charge is 2.35. The summed E-state index contributed by atoms with van der Waals surface area (Å²) in [6.45, 7) is -0.0276. The number of alkyl halides is 6. The Morgan fingerprint density at radius 2 is 1.62 bits per heavy atom. The molecular weight excluding hydrogens is 502 g/mol. The number of H-pyrrole nitrogens is 1. The van der Waals surface area contributed by atoms with Crippen molar-refractivity contribution in [2.45, 2.75) is 19.0 Å². The molecule has 0 saturated heterocycles. The van der Waals surface area contributed by atoms with E-state index in [1.807, 2.05) is 0 Å². The first-order chi connectivity index (χ1) is 17.5. The van der Waals surface area contributed by atoms with Crippen LogP contribution in [0, 0.1) is 0 Å². The largest absolute Gasteiger partial charge is 0.471 e. The summed E-state index contributed by atoms with van der Waals surface area (Å²) in [5.74, 6) is -0.0617. The van der Waals surface area contributed by atoms with Gasteiger partial charge in [-0.1, -0.05) is 42.5 Å². The van der Waals surface area contributed by atoms with Gasteiger partial charge in [0.25, 0.3) is 0 Å². The van der Waals surface area contributed by atoms with Gasteiger partial charge in [-0.25, -0.2) is 15.0 Å². The zero-order valence-corrected chi connectivity index (χ0v) is 18.9. The number of hydrogen-bond donors (Lipinski definition) is 1. The predicted octanol–water partition coefficient (Wildman–Crippen LogP) is 6.04. The third kappa shape index (κ3) is 4.84. The van der Waals surface area contributed by atoms with Gasteiger partial charge in [0.05, 0.1) is 11.9 Å².